The summed E-state index contributed by atoms with van der Waals surface area (Å²) < 4.78 is 23.1. The van der Waals surface area contributed by atoms with Crippen molar-refractivity contribution < 1.29 is 23.8 Å². The molecule has 0 saturated heterocycles. The highest BCUT2D eigenvalue weighted by atomic mass is 31.2. The number of aliphatic hydroxyl groups is 1. The molecule has 3 aromatic carbocycles. The van der Waals surface area contributed by atoms with Crippen molar-refractivity contribution in [2.24, 2.45) is 0 Å². The van der Waals surface area contributed by atoms with Crippen LogP contribution in [0, 0.1) is 0 Å². The summed E-state index contributed by atoms with van der Waals surface area (Å²) in [5, 5.41) is 12.8. The Kier molecular flexibility index (Phi) is 5.40. The van der Waals surface area contributed by atoms with Gasteiger partial charge in [-0.2, -0.15) is 0 Å². The van der Waals surface area contributed by atoms with E-state index in [2.05, 4.69) is 0 Å². The van der Waals surface area contributed by atoms with Gasteiger partial charge in [0.15, 0.2) is 0 Å². The average Bonchev–Trinajstić information content (AvgIpc) is 2.58. The summed E-state index contributed by atoms with van der Waals surface area (Å²) >= 11 is 0. The van der Waals surface area contributed by atoms with Gasteiger partial charge in [-0.3, -0.25) is 4.57 Å². The molecule has 0 bridgehead atoms. The molecule has 0 aliphatic carbocycles. The molecule has 1 atom stereocenters. The molecule has 0 fully saturated rings. The molecule has 0 saturated carbocycles. The predicted octanol–water partition coefficient (Wildman–Crippen LogP) is 4.09. The molecule has 3 rings (SSSR count). The SMILES string of the molecule is CCOP(=O)(O)Cc1cccc2cc3ccccc3c(OCCO)c12. The summed E-state index contributed by atoms with van der Waals surface area (Å²) in [7, 11) is -3.73. The Morgan fingerprint density at radius 3 is 2.60 bits per heavy atom. The van der Waals surface area contributed by atoms with Gasteiger partial charge in [0.2, 0.25) is 0 Å². The van der Waals surface area contributed by atoms with E-state index in [1.165, 1.54) is 0 Å². The zero-order valence-corrected chi connectivity index (χ0v) is 14.9. The van der Waals surface area contributed by atoms with Crippen LogP contribution in [0.3, 0.4) is 0 Å². The summed E-state index contributed by atoms with van der Waals surface area (Å²) in [4.78, 5) is 10.1. The Labute approximate surface area is 146 Å². The van der Waals surface area contributed by atoms with E-state index in [0.29, 0.717) is 11.3 Å². The van der Waals surface area contributed by atoms with Crippen molar-refractivity contribution in [3.63, 3.8) is 0 Å². The number of rotatable bonds is 7. The molecular weight excluding hydrogens is 339 g/mol. The number of aliphatic hydroxyl groups excluding tert-OH is 1. The summed E-state index contributed by atoms with van der Waals surface area (Å²) in [5.74, 6) is 0.620. The summed E-state index contributed by atoms with van der Waals surface area (Å²) in [6, 6.07) is 15.4. The van der Waals surface area contributed by atoms with Crippen LogP contribution < -0.4 is 4.74 Å². The van der Waals surface area contributed by atoms with Crippen LogP contribution in [0.2, 0.25) is 0 Å². The minimum atomic E-state index is -3.73. The Morgan fingerprint density at radius 2 is 1.84 bits per heavy atom. The third kappa shape index (κ3) is 3.86. The maximum atomic E-state index is 12.3. The van der Waals surface area contributed by atoms with E-state index in [1.807, 2.05) is 48.5 Å². The molecule has 0 amide bonds. The molecule has 5 nitrogen and oxygen atoms in total. The van der Waals surface area contributed by atoms with E-state index < -0.39 is 7.60 Å². The fourth-order valence-corrected chi connectivity index (χ4v) is 4.23. The van der Waals surface area contributed by atoms with Gasteiger partial charge in [0.05, 0.1) is 19.4 Å². The molecule has 2 N–H and O–H groups in total. The number of ether oxygens (including phenoxy) is 1. The van der Waals surface area contributed by atoms with E-state index in [-0.39, 0.29) is 26.0 Å². The van der Waals surface area contributed by atoms with Crippen LogP contribution in [-0.4, -0.2) is 29.8 Å². The monoisotopic (exact) mass is 360 g/mol. The fourth-order valence-electron chi connectivity index (χ4n) is 3.04. The third-order valence-electron chi connectivity index (χ3n) is 3.97. The molecule has 0 aliphatic rings. The lowest BCUT2D eigenvalue weighted by Crippen LogP contribution is -2.04. The number of benzene rings is 3. The van der Waals surface area contributed by atoms with E-state index in [1.54, 1.807) is 6.92 Å². The van der Waals surface area contributed by atoms with Crippen molar-refractivity contribution >= 4 is 29.1 Å². The normalized spacial score (nSPS) is 13.9. The van der Waals surface area contributed by atoms with Crippen LogP contribution in [0.25, 0.3) is 21.5 Å². The van der Waals surface area contributed by atoms with Crippen LogP contribution in [0.15, 0.2) is 48.5 Å². The Bertz CT molecular complexity index is 938. The van der Waals surface area contributed by atoms with Gasteiger partial charge in [0.25, 0.3) is 0 Å². The summed E-state index contributed by atoms with van der Waals surface area (Å²) in [5.41, 5.74) is 0.690. The largest absolute Gasteiger partial charge is 0.490 e. The molecule has 1 unspecified atom stereocenters. The zero-order chi connectivity index (χ0) is 17.9. The first-order chi connectivity index (χ1) is 12.1. The number of hydrogen-bond donors (Lipinski definition) is 2. The van der Waals surface area contributed by atoms with Gasteiger partial charge in [-0.25, -0.2) is 0 Å². The van der Waals surface area contributed by atoms with Gasteiger partial charge in [-0.15, -0.1) is 0 Å². The zero-order valence-electron chi connectivity index (χ0n) is 14.0. The average molecular weight is 360 g/mol. The number of hydrogen-bond acceptors (Lipinski definition) is 4. The highest BCUT2D eigenvalue weighted by molar-refractivity contribution is 7.52. The fraction of sp³-hybridized carbons (Fsp3) is 0.263. The second kappa shape index (κ2) is 7.54. The lowest BCUT2D eigenvalue weighted by molar-refractivity contribution is 0.204. The Balaban J connectivity index is 2.24. The Morgan fingerprint density at radius 1 is 1.08 bits per heavy atom. The minimum Gasteiger partial charge on any atom is -0.490 e. The summed E-state index contributed by atoms with van der Waals surface area (Å²) in [6.45, 7) is 1.91. The lowest BCUT2D eigenvalue weighted by Gasteiger charge is -2.17. The highest BCUT2D eigenvalue weighted by Crippen LogP contribution is 2.48. The van der Waals surface area contributed by atoms with E-state index in [0.717, 1.165) is 21.5 Å². The second-order valence-corrected chi connectivity index (χ2v) is 7.58. The van der Waals surface area contributed by atoms with Crippen molar-refractivity contribution in [3.8, 4) is 5.75 Å². The maximum absolute atomic E-state index is 12.3. The first-order valence-electron chi connectivity index (χ1n) is 8.19. The lowest BCUT2D eigenvalue weighted by atomic mass is 9.99. The van der Waals surface area contributed by atoms with Crippen LogP contribution >= 0.6 is 7.60 Å². The molecule has 6 heteroatoms. The highest BCUT2D eigenvalue weighted by Gasteiger charge is 2.22. The maximum Gasteiger partial charge on any atom is 0.332 e. The Hall–Kier alpha value is -1.91. The van der Waals surface area contributed by atoms with Gasteiger partial charge >= 0.3 is 7.60 Å². The predicted molar refractivity (Wildman–Crippen MR) is 99.2 cm³/mol. The van der Waals surface area contributed by atoms with Crippen molar-refractivity contribution in [2.75, 3.05) is 19.8 Å². The standard InChI is InChI=1S/C19H21O5P/c1-2-24-25(21,22)13-16-8-5-7-15-12-14-6-3-4-9-17(14)19(18(15)16)23-11-10-20/h3-9,12,20H,2,10-11,13H2,1H3,(H,21,22). The van der Waals surface area contributed by atoms with E-state index in [9.17, 15) is 9.46 Å². The molecule has 3 aromatic rings. The molecule has 0 radical (unpaired) electrons. The van der Waals surface area contributed by atoms with Crippen molar-refractivity contribution in [3.05, 3.63) is 54.1 Å². The first-order valence-corrected chi connectivity index (χ1v) is 9.95. The van der Waals surface area contributed by atoms with Crippen molar-refractivity contribution in [1.29, 1.82) is 0 Å². The third-order valence-corrected chi connectivity index (χ3v) is 5.37. The van der Waals surface area contributed by atoms with Crippen LogP contribution in [0.5, 0.6) is 5.75 Å². The van der Waals surface area contributed by atoms with Crippen LogP contribution in [0.4, 0.5) is 0 Å². The molecule has 0 aliphatic heterocycles. The van der Waals surface area contributed by atoms with Gasteiger partial charge in [-0.1, -0.05) is 42.5 Å². The molecule has 0 heterocycles. The van der Waals surface area contributed by atoms with E-state index >= 15 is 0 Å². The second-order valence-electron chi connectivity index (χ2n) is 5.73. The van der Waals surface area contributed by atoms with Crippen molar-refractivity contribution in [1.82, 2.24) is 0 Å². The molecule has 0 aromatic heterocycles. The van der Waals surface area contributed by atoms with Crippen molar-refractivity contribution in [2.45, 2.75) is 13.1 Å². The summed E-state index contributed by atoms with van der Waals surface area (Å²) in [6.07, 6.45) is -0.0913. The van der Waals surface area contributed by atoms with Crippen LogP contribution in [-0.2, 0) is 15.3 Å². The quantitative estimate of drug-likeness (QED) is 0.490. The molecule has 132 valence electrons. The van der Waals surface area contributed by atoms with Gasteiger partial charge < -0.3 is 19.3 Å². The molecule has 25 heavy (non-hydrogen) atoms. The first kappa shape index (κ1) is 17.9. The topological polar surface area (TPSA) is 76.0 Å². The smallest absolute Gasteiger partial charge is 0.332 e. The van der Waals surface area contributed by atoms with Gasteiger partial charge in [-0.05, 0) is 29.3 Å². The number of fused-ring (bicyclic) bond motifs is 2. The van der Waals surface area contributed by atoms with Gasteiger partial charge in [0, 0.05) is 10.8 Å². The van der Waals surface area contributed by atoms with E-state index in [4.69, 9.17) is 14.4 Å². The van der Waals surface area contributed by atoms with Crippen LogP contribution in [0.1, 0.15) is 12.5 Å². The molecular formula is C19H21O5P. The van der Waals surface area contributed by atoms with Gasteiger partial charge in [0.1, 0.15) is 12.4 Å². The minimum absolute atomic E-state index is 0.0913. The molecule has 0 spiro atoms.